The highest BCUT2D eigenvalue weighted by atomic mass is 16.6. The molecule has 0 aliphatic rings. The standard InChI is InChI=1S/C16H26O10/c1-9(17)23-7-13(21-5)15(22-6)16(26-12(4)20)14(25-11(3)19)8-24-10(2)18/h13-16H,7-8H2,1-6H3/t13-,14+,15+,16+/m0/s1/i7D/t7?,13-,14+,15+,16+. The van der Waals surface area contributed by atoms with E-state index in [-0.39, 0.29) is 0 Å². The second-order valence-electron chi connectivity index (χ2n) is 5.17. The summed E-state index contributed by atoms with van der Waals surface area (Å²) in [5.41, 5.74) is 0. The number of carbonyl (C=O) groups excluding carboxylic acids is 4. The summed E-state index contributed by atoms with van der Waals surface area (Å²) in [5, 5.41) is 0. The largest absolute Gasteiger partial charge is 0.463 e. The Morgan fingerprint density at radius 1 is 0.731 bits per heavy atom. The molecule has 0 rings (SSSR count). The van der Waals surface area contributed by atoms with Gasteiger partial charge in [-0.3, -0.25) is 19.2 Å². The van der Waals surface area contributed by atoms with Gasteiger partial charge in [0.1, 0.15) is 25.4 Å². The molecule has 0 radical (unpaired) electrons. The second kappa shape index (κ2) is 12.2. The lowest BCUT2D eigenvalue weighted by Crippen LogP contribution is -2.52. The molecule has 0 saturated carbocycles. The smallest absolute Gasteiger partial charge is 0.303 e. The summed E-state index contributed by atoms with van der Waals surface area (Å²) < 4.78 is 38.4. The lowest BCUT2D eigenvalue weighted by Gasteiger charge is -2.34. The van der Waals surface area contributed by atoms with Crippen LogP contribution in [0.25, 0.3) is 0 Å². The lowest BCUT2D eigenvalue weighted by atomic mass is 10.0. The van der Waals surface area contributed by atoms with Crippen molar-refractivity contribution in [2.75, 3.05) is 27.4 Å². The van der Waals surface area contributed by atoms with Gasteiger partial charge in [-0.05, 0) is 0 Å². The average molecular weight is 379 g/mol. The van der Waals surface area contributed by atoms with Gasteiger partial charge in [0.05, 0.1) is 1.37 Å². The highest BCUT2D eigenvalue weighted by Crippen LogP contribution is 2.19. The van der Waals surface area contributed by atoms with E-state index in [9.17, 15) is 19.2 Å². The Hall–Kier alpha value is -2.20. The van der Waals surface area contributed by atoms with Crippen molar-refractivity contribution >= 4 is 23.9 Å². The number of hydrogen-bond acceptors (Lipinski definition) is 10. The molecular formula is C16H26O10. The van der Waals surface area contributed by atoms with E-state index in [2.05, 4.69) is 0 Å². The van der Waals surface area contributed by atoms with Gasteiger partial charge in [-0.15, -0.1) is 0 Å². The van der Waals surface area contributed by atoms with Gasteiger partial charge < -0.3 is 28.4 Å². The van der Waals surface area contributed by atoms with Gasteiger partial charge in [-0.25, -0.2) is 0 Å². The predicted molar refractivity (Wildman–Crippen MR) is 86.0 cm³/mol. The minimum absolute atomic E-state index is 0.431. The minimum atomic E-state index is -1.53. The molecule has 0 saturated heterocycles. The first-order chi connectivity index (χ1) is 12.5. The number of hydrogen-bond donors (Lipinski definition) is 0. The van der Waals surface area contributed by atoms with Crippen LogP contribution in [-0.4, -0.2) is 75.7 Å². The van der Waals surface area contributed by atoms with Crippen LogP contribution >= 0.6 is 0 Å². The molecule has 0 heterocycles. The number of methoxy groups -OCH3 is 2. The monoisotopic (exact) mass is 379 g/mol. The van der Waals surface area contributed by atoms with Crippen molar-refractivity contribution in [1.82, 2.24) is 0 Å². The zero-order valence-corrected chi connectivity index (χ0v) is 15.7. The molecule has 10 heteroatoms. The fourth-order valence-electron chi connectivity index (χ4n) is 2.04. The first-order valence-electron chi connectivity index (χ1n) is 8.24. The molecule has 1 unspecified atom stereocenters. The molecule has 0 N–H and O–H groups in total. The quantitative estimate of drug-likeness (QED) is 0.358. The van der Waals surface area contributed by atoms with E-state index in [4.69, 9.17) is 29.8 Å². The van der Waals surface area contributed by atoms with Gasteiger partial charge in [-0.1, -0.05) is 0 Å². The zero-order chi connectivity index (χ0) is 21.1. The van der Waals surface area contributed by atoms with Crippen molar-refractivity contribution in [2.24, 2.45) is 0 Å². The molecule has 150 valence electrons. The molecular weight excluding hydrogens is 352 g/mol. The molecule has 5 atom stereocenters. The van der Waals surface area contributed by atoms with E-state index in [1.54, 1.807) is 0 Å². The number of carbonyl (C=O) groups is 4. The fourth-order valence-corrected chi connectivity index (χ4v) is 2.04. The minimum Gasteiger partial charge on any atom is -0.463 e. The van der Waals surface area contributed by atoms with E-state index >= 15 is 0 Å². The summed E-state index contributed by atoms with van der Waals surface area (Å²) in [6.45, 7) is 2.54. The van der Waals surface area contributed by atoms with E-state index in [0.29, 0.717) is 0 Å². The van der Waals surface area contributed by atoms with Crippen LogP contribution in [-0.2, 0) is 47.6 Å². The summed E-state index contributed by atoms with van der Waals surface area (Å²) in [6, 6.07) is 0. The van der Waals surface area contributed by atoms with Crippen LogP contribution in [0.5, 0.6) is 0 Å². The Labute approximate surface area is 153 Å². The fraction of sp³-hybridized carbons (Fsp3) is 0.750. The van der Waals surface area contributed by atoms with Crippen LogP contribution in [0.3, 0.4) is 0 Å². The Morgan fingerprint density at radius 3 is 1.65 bits per heavy atom. The van der Waals surface area contributed by atoms with E-state index in [1.165, 1.54) is 14.2 Å². The first kappa shape index (κ1) is 21.8. The highest BCUT2D eigenvalue weighted by Gasteiger charge is 2.41. The van der Waals surface area contributed by atoms with Gasteiger partial charge in [0.15, 0.2) is 12.2 Å². The number of esters is 4. The summed E-state index contributed by atoms with van der Waals surface area (Å²) in [5.74, 6) is -2.85. The van der Waals surface area contributed by atoms with Crippen molar-refractivity contribution < 1.29 is 49.0 Å². The average Bonchev–Trinajstić information content (AvgIpc) is 2.53. The zero-order valence-electron chi connectivity index (χ0n) is 16.7. The Balaban J connectivity index is 5.80. The van der Waals surface area contributed by atoms with Crippen molar-refractivity contribution in [1.29, 1.82) is 0 Å². The summed E-state index contributed by atoms with van der Waals surface area (Å²) in [6.07, 6.45) is -4.97. The van der Waals surface area contributed by atoms with Crippen molar-refractivity contribution in [3.05, 3.63) is 0 Å². The lowest BCUT2D eigenvalue weighted by molar-refractivity contribution is -0.197. The van der Waals surface area contributed by atoms with Crippen molar-refractivity contribution in [2.45, 2.75) is 52.1 Å². The van der Waals surface area contributed by atoms with Gasteiger partial charge in [0.25, 0.3) is 0 Å². The normalized spacial score (nSPS) is 16.9. The van der Waals surface area contributed by atoms with Crippen LogP contribution in [0.1, 0.15) is 29.1 Å². The van der Waals surface area contributed by atoms with Crippen LogP contribution < -0.4 is 0 Å². The van der Waals surface area contributed by atoms with Crippen molar-refractivity contribution in [3.63, 3.8) is 0 Å². The van der Waals surface area contributed by atoms with E-state index in [1.807, 2.05) is 0 Å². The van der Waals surface area contributed by atoms with E-state index in [0.717, 1.165) is 27.7 Å². The number of ether oxygens (including phenoxy) is 6. The maximum absolute atomic E-state index is 11.6. The molecule has 0 amide bonds. The van der Waals surface area contributed by atoms with Crippen molar-refractivity contribution in [3.8, 4) is 0 Å². The molecule has 0 aromatic heterocycles. The van der Waals surface area contributed by atoms with Crippen LogP contribution in [0.15, 0.2) is 0 Å². The molecule has 0 fully saturated rings. The highest BCUT2D eigenvalue weighted by molar-refractivity contribution is 5.68. The van der Waals surface area contributed by atoms with Crippen LogP contribution in [0, 0.1) is 0 Å². The molecule has 0 aliphatic heterocycles. The molecule has 0 aromatic carbocycles. The van der Waals surface area contributed by atoms with Crippen LogP contribution in [0.4, 0.5) is 0 Å². The second-order valence-corrected chi connectivity index (χ2v) is 5.17. The Kier molecular flexibility index (Phi) is 10.3. The van der Waals surface area contributed by atoms with Gasteiger partial charge >= 0.3 is 23.9 Å². The van der Waals surface area contributed by atoms with Gasteiger partial charge in [0.2, 0.25) is 0 Å². The number of rotatable bonds is 11. The summed E-state index contributed by atoms with van der Waals surface area (Å²) >= 11 is 0. The molecule has 10 nitrogen and oxygen atoms in total. The maximum atomic E-state index is 11.6. The SMILES string of the molecule is [2H]C(OC(C)=O)[C@H](OC)[C@@H](OC)[C@H](OC(C)=O)[C@@H](COC(C)=O)OC(C)=O. The maximum Gasteiger partial charge on any atom is 0.303 e. The molecule has 0 spiro atoms. The van der Waals surface area contributed by atoms with Crippen LogP contribution in [0.2, 0.25) is 0 Å². The Bertz CT molecular complexity index is 523. The summed E-state index contributed by atoms with van der Waals surface area (Å²) in [4.78, 5) is 45.3. The third-order valence-electron chi connectivity index (χ3n) is 3.00. The summed E-state index contributed by atoms with van der Waals surface area (Å²) in [7, 11) is 2.48. The first-order valence-corrected chi connectivity index (χ1v) is 7.66. The van der Waals surface area contributed by atoms with Gasteiger partial charge in [0, 0.05) is 41.9 Å². The van der Waals surface area contributed by atoms with Gasteiger partial charge in [-0.2, -0.15) is 0 Å². The third kappa shape index (κ3) is 9.33. The van der Waals surface area contributed by atoms with E-state index < -0.39 is 61.5 Å². The molecule has 0 bridgehead atoms. The topological polar surface area (TPSA) is 124 Å². The molecule has 0 aromatic rings. The predicted octanol–water partition coefficient (Wildman–Crippen LogP) is 0.00600. The molecule has 26 heavy (non-hydrogen) atoms. The Morgan fingerprint density at radius 2 is 1.27 bits per heavy atom. The third-order valence-corrected chi connectivity index (χ3v) is 3.00. The molecule has 0 aliphatic carbocycles.